The van der Waals surface area contributed by atoms with E-state index in [1.165, 1.54) is 16.9 Å². The monoisotopic (exact) mass is 199 g/mol. The minimum absolute atomic E-state index is 0.124. The van der Waals surface area contributed by atoms with Crippen LogP contribution in [0.1, 0.15) is 6.42 Å². The van der Waals surface area contributed by atoms with Gasteiger partial charge >= 0.3 is 0 Å². The van der Waals surface area contributed by atoms with Crippen LogP contribution in [0.5, 0.6) is 0 Å². The van der Waals surface area contributed by atoms with Gasteiger partial charge in [0, 0.05) is 12.6 Å². The number of thioether (sulfide) groups is 1. The summed E-state index contributed by atoms with van der Waals surface area (Å²) in [7, 11) is 0. The molecule has 4 nitrogen and oxygen atoms in total. The molecule has 0 aliphatic carbocycles. The second-order valence-electron chi connectivity index (χ2n) is 2.70. The Hall–Kier alpha value is -0.970. The molecule has 1 heterocycles. The van der Waals surface area contributed by atoms with E-state index in [9.17, 15) is 4.79 Å². The van der Waals surface area contributed by atoms with Crippen LogP contribution in [-0.2, 0) is 6.54 Å². The van der Waals surface area contributed by atoms with Crippen LogP contribution in [0.3, 0.4) is 0 Å². The first-order valence-corrected chi connectivity index (χ1v) is 5.45. The number of rotatable bonds is 4. The lowest BCUT2D eigenvalue weighted by atomic mass is 10.4. The number of hydrogen-bond acceptors (Lipinski definition) is 4. The Bertz CT molecular complexity index is 323. The van der Waals surface area contributed by atoms with Crippen LogP contribution in [0.15, 0.2) is 17.1 Å². The molecule has 1 rings (SSSR count). The summed E-state index contributed by atoms with van der Waals surface area (Å²) < 4.78 is 1.44. The Labute approximate surface area is 81.1 Å². The molecule has 0 bridgehead atoms. The van der Waals surface area contributed by atoms with Gasteiger partial charge in [0.2, 0.25) is 0 Å². The largest absolute Gasteiger partial charge is 0.397 e. The molecule has 2 N–H and O–H groups in total. The lowest BCUT2D eigenvalue weighted by molar-refractivity contribution is 0.572. The predicted octanol–water partition coefficient (Wildman–Crippen LogP) is 0.579. The smallest absolute Gasteiger partial charge is 0.268 e. The summed E-state index contributed by atoms with van der Waals surface area (Å²) in [5.74, 6) is 1.04. The van der Waals surface area contributed by atoms with E-state index in [2.05, 4.69) is 5.10 Å². The van der Waals surface area contributed by atoms with Crippen molar-refractivity contribution in [3.63, 3.8) is 0 Å². The van der Waals surface area contributed by atoms with Gasteiger partial charge in [0.15, 0.2) is 0 Å². The van der Waals surface area contributed by atoms with E-state index >= 15 is 0 Å². The highest BCUT2D eigenvalue weighted by Crippen LogP contribution is 1.97. The summed E-state index contributed by atoms with van der Waals surface area (Å²) in [6.45, 7) is 0.667. The maximum atomic E-state index is 11.2. The van der Waals surface area contributed by atoms with E-state index < -0.39 is 0 Å². The van der Waals surface area contributed by atoms with E-state index in [1.54, 1.807) is 11.8 Å². The Kier molecular flexibility index (Phi) is 3.82. The van der Waals surface area contributed by atoms with E-state index in [0.717, 1.165) is 12.2 Å². The standard InChI is InChI=1S/C8H13N3OS/c1-13-4-2-3-11-8(12)5-7(9)6-10-11/h5-6H,2-4,9H2,1H3. The SMILES string of the molecule is CSCCCn1ncc(N)cc1=O. The molecule has 0 atom stereocenters. The van der Waals surface area contributed by atoms with Crippen LogP contribution in [0.2, 0.25) is 0 Å². The number of nitrogen functional groups attached to an aromatic ring is 1. The highest BCUT2D eigenvalue weighted by atomic mass is 32.2. The molecule has 5 heteroatoms. The number of nitrogens with two attached hydrogens (primary N) is 1. The van der Waals surface area contributed by atoms with Crippen molar-refractivity contribution in [2.24, 2.45) is 0 Å². The number of aryl methyl sites for hydroxylation is 1. The van der Waals surface area contributed by atoms with Crippen LogP contribution in [0, 0.1) is 0 Å². The van der Waals surface area contributed by atoms with E-state index in [1.807, 2.05) is 6.26 Å². The van der Waals surface area contributed by atoms with E-state index in [0.29, 0.717) is 12.2 Å². The lowest BCUT2D eigenvalue weighted by Gasteiger charge is -2.02. The van der Waals surface area contributed by atoms with E-state index in [-0.39, 0.29) is 5.56 Å². The van der Waals surface area contributed by atoms with Crippen LogP contribution >= 0.6 is 11.8 Å². The van der Waals surface area contributed by atoms with Crippen molar-refractivity contribution in [1.82, 2.24) is 9.78 Å². The lowest BCUT2D eigenvalue weighted by Crippen LogP contribution is -2.22. The van der Waals surface area contributed by atoms with Crippen LogP contribution < -0.4 is 11.3 Å². The highest BCUT2D eigenvalue weighted by molar-refractivity contribution is 7.98. The summed E-state index contributed by atoms with van der Waals surface area (Å²) in [4.78, 5) is 11.2. The first-order valence-electron chi connectivity index (χ1n) is 4.05. The maximum absolute atomic E-state index is 11.2. The molecule has 1 aromatic rings. The van der Waals surface area contributed by atoms with E-state index in [4.69, 9.17) is 5.73 Å². The van der Waals surface area contributed by atoms with Crippen molar-refractivity contribution in [2.75, 3.05) is 17.7 Å². The molecule has 0 radical (unpaired) electrons. The molecule has 0 aliphatic heterocycles. The third-order valence-electron chi connectivity index (χ3n) is 1.61. The maximum Gasteiger partial charge on any atom is 0.268 e. The van der Waals surface area contributed by atoms with Crippen molar-refractivity contribution in [2.45, 2.75) is 13.0 Å². The fourth-order valence-electron chi connectivity index (χ4n) is 0.974. The summed E-state index contributed by atoms with van der Waals surface area (Å²) in [6, 6.07) is 1.39. The van der Waals surface area contributed by atoms with Crippen molar-refractivity contribution in [3.8, 4) is 0 Å². The van der Waals surface area contributed by atoms with Crippen molar-refractivity contribution >= 4 is 17.4 Å². The Morgan fingerprint density at radius 1 is 1.69 bits per heavy atom. The highest BCUT2D eigenvalue weighted by Gasteiger charge is 1.96. The summed E-state index contributed by atoms with van der Waals surface area (Å²) in [5.41, 5.74) is 5.70. The molecule has 0 aliphatic rings. The van der Waals surface area contributed by atoms with Gasteiger partial charge in [-0.25, -0.2) is 4.68 Å². The third kappa shape index (κ3) is 3.10. The molecule has 0 saturated carbocycles. The van der Waals surface area contributed by atoms with Gasteiger partial charge in [0.05, 0.1) is 11.9 Å². The third-order valence-corrected chi connectivity index (χ3v) is 2.31. The molecule has 1 aromatic heterocycles. The minimum Gasteiger partial charge on any atom is -0.397 e. The topological polar surface area (TPSA) is 60.9 Å². The molecule has 0 saturated heterocycles. The van der Waals surface area contributed by atoms with Gasteiger partial charge in [0.1, 0.15) is 0 Å². The second kappa shape index (κ2) is 4.91. The Morgan fingerprint density at radius 2 is 2.46 bits per heavy atom. The number of nitrogens with zero attached hydrogens (tertiary/aromatic N) is 2. The summed E-state index contributed by atoms with van der Waals surface area (Å²) in [5, 5.41) is 3.92. The zero-order valence-electron chi connectivity index (χ0n) is 7.56. The van der Waals surface area contributed by atoms with Crippen molar-refractivity contribution in [1.29, 1.82) is 0 Å². The first-order chi connectivity index (χ1) is 6.24. The zero-order valence-corrected chi connectivity index (χ0v) is 8.38. The predicted molar refractivity (Wildman–Crippen MR) is 55.9 cm³/mol. The van der Waals surface area contributed by atoms with Crippen molar-refractivity contribution in [3.05, 3.63) is 22.6 Å². The molecule has 0 aromatic carbocycles. The number of anilines is 1. The van der Waals surface area contributed by atoms with Gasteiger partial charge in [0.25, 0.3) is 5.56 Å². The molecular formula is C8H13N3OS. The van der Waals surface area contributed by atoms with Crippen LogP contribution in [-0.4, -0.2) is 21.8 Å². The molecule has 0 amide bonds. The van der Waals surface area contributed by atoms with Crippen LogP contribution in [0.25, 0.3) is 0 Å². The summed E-state index contributed by atoms with van der Waals surface area (Å²) >= 11 is 1.76. The Balaban J connectivity index is 2.62. The average molecular weight is 199 g/mol. The number of aromatic nitrogens is 2. The van der Waals surface area contributed by atoms with Gasteiger partial charge in [-0.3, -0.25) is 4.79 Å². The van der Waals surface area contributed by atoms with Crippen LogP contribution in [0.4, 0.5) is 5.69 Å². The first kappa shape index (κ1) is 10.1. The molecule has 72 valence electrons. The van der Waals surface area contributed by atoms with Gasteiger partial charge in [-0.2, -0.15) is 16.9 Å². The molecule has 0 spiro atoms. The zero-order chi connectivity index (χ0) is 9.68. The molecular weight excluding hydrogens is 186 g/mol. The summed E-state index contributed by atoms with van der Waals surface area (Å²) in [6.07, 6.45) is 4.50. The molecule has 0 unspecified atom stereocenters. The van der Waals surface area contributed by atoms with Gasteiger partial charge in [-0.1, -0.05) is 0 Å². The normalized spacial score (nSPS) is 10.2. The molecule has 0 fully saturated rings. The van der Waals surface area contributed by atoms with Crippen molar-refractivity contribution < 1.29 is 0 Å². The minimum atomic E-state index is -0.124. The van der Waals surface area contributed by atoms with Gasteiger partial charge < -0.3 is 5.73 Å². The second-order valence-corrected chi connectivity index (χ2v) is 3.68. The molecule has 13 heavy (non-hydrogen) atoms. The number of hydrogen-bond donors (Lipinski definition) is 1. The van der Waals surface area contributed by atoms with Gasteiger partial charge in [-0.15, -0.1) is 0 Å². The quantitative estimate of drug-likeness (QED) is 0.720. The fourth-order valence-corrected chi connectivity index (χ4v) is 1.39. The fraction of sp³-hybridized carbons (Fsp3) is 0.500. The van der Waals surface area contributed by atoms with Gasteiger partial charge in [-0.05, 0) is 18.4 Å². The Morgan fingerprint density at radius 3 is 3.08 bits per heavy atom. The average Bonchev–Trinajstić information content (AvgIpc) is 2.09.